The largest absolute Gasteiger partial charge is 0.489 e. The van der Waals surface area contributed by atoms with Crippen LogP contribution in [-0.2, 0) is 13.2 Å². The van der Waals surface area contributed by atoms with E-state index in [1.165, 1.54) is 16.7 Å². The predicted octanol–water partition coefficient (Wildman–Crippen LogP) is 4.26. The summed E-state index contributed by atoms with van der Waals surface area (Å²) in [7, 11) is 1.62. The van der Waals surface area contributed by atoms with E-state index in [1.807, 2.05) is 17.9 Å². The lowest BCUT2D eigenvalue weighted by atomic mass is 9.95. The van der Waals surface area contributed by atoms with Crippen LogP contribution in [0.2, 0.25) is 0 Å². The standard InChI is InChI=1S/C23H20F4N4O2/c1-13-12-31(18-10-21(32)30(2)17-5-4-15(11-28)29-22(17)18)8-7-19(13)33-20-6-3-14(24)9-16(20)23(25,26)27/h3-6,9-10,13,19H,7-8,12H2,1-2H3. The van der Waals surface area contributed by atoms with Crippen molar-refractivity contribution in [2.45, 2.75) is 25.6 Å². The molecular weight excluding hydrogens is 440 g/mol. The molecule has 4 rings (SSSR count). The number of anilines is 1. The first kappa shape index (κ1) is 22.6. The Labute approximate surface area is 186 Å². The number of nitriles is 1. The van der Waals surface area contributed by atoms with E-state index in [0.29, 0.717) is 42.3 Å². The number of benzene rings is 1. The fourth-order valence-corrected chi connectivity index (χ4v) is 4.12. The Morgan fingerprint density at radius 2 is 1.97 bits per heavy atom. The average Bonchev–Trinajstić information content (AvgIpc) is 2.77. The number of ether oxygens (including phenoxy) is 1. The van der Waals surface area contributed by atoms with Crippen LogP contribution in [0.15, 0.2) is 41.2 Å². The number of aryl methyl sites for hydroxylation is 1. The molecular formula is C23H20F4N4O2. The SMILES string of the molecule is CC1CN(c2cc(=O)n(C)c3ccc(C#N)nc23)CCC1Oc1ccc(F)cc1C(F)(F)F. The quantitative estimate of drug-likeness (QED) is 0.547. The molecule has 1 fully saturated rings. The summed E-state index contributed by atoms with van der Waals surface area (Å²) in [6.45, 7) is 2.64. The highest BCUT2D eigenvalue weighted by molar-refractivity contribution is 5.88. The molecule has 10 heteroatoms. The fourth-order valence-electron chi connectivity index (χ4n) is 4.12. The van der Waals surface area contributed by atoms with E-state index < -0.39 is 29.4 Å². The Morgan fingerprint density at radius 1 is 1.21 bits per heavy atom. The first-order valence-corrected chi connectivity index (χ1v) is 10.3. The van der Waals surface area contributed by atoms with Crippen molar-refractivity contribution in [3.8, 4) is 11.8 Å². The molecule has 1 aliphatic heterocycles. The second kappa shape index (κ2) is 8.39. The fraction of sp³-hybridized carbons (Fsp3) is 0.348. The number of nitrogens with zero attached hydrogens (tertiary/aromatic N) is 4. The number of hydrogen-bond acceptors (Lipinski definition) is 5. The highest BCUT2D eigenvalue weighted by Gasteiger charge is 2.37. The molecule has 0 amide bonds. The Kier molecular flexibility index (Phi) is 5.74. The van der Waals surface area contributed by atoms with Gasteiger partial charge in [-0.3, -0.25) is 4.79 Å². The number of halogens is 4. The smallest absolute Gasteiger partial charge is 0.420 e. The van der Waals surface area contributed by atoms with Gasteiger partial charge in [0.25, 0.3) is 5.56 Å². The summed E-state index contributed by atoms with van der Waals surface area (Å²) in [6, 6.07) is 9.01. The summed E-state index contributed by atoms with van der Waals surface area (Å²) in [5.74, 6) is -1.60. The van der Waals surface area contributed by atoms with Gasteiger partial charge >= 0.3 is 6.18 Å². The van der Waals surface area contributed by atoms with E-state index in [0.717, 1.165) is 12.1 Å². The second-order valence-corrected chi connectivity index (χ2v) is 8.11. The Balaban J connectivity index is 1.62. The van der Waals surface area contributed by atoms with Crippen molar-refractivity contribution >= 4 is 16.7 Å². The minimum atomic E-state index is -4.74. The third kappa shape index (κ3) is 4.35. The number of aromatic nitrogens is 2. The molecule has 2 aromatic heterocycles. The summed E-state index contributed by atoms with van der Waals surface area (Å²) in [5, 5.41) is 9.22. The second-order valence-electron chi connectivity index (χ2n) is 8.11. The number of alkyl halides is 3. The molecule has 0 aliphatic carbocycles. The first-order chi connectivity index (χ1) is 15.6. The van der Waals surface area contributed by atoms with E-state index in [-0.39, 0.29) is 17.2 Å². The van der Waals surface area contributed by atoms with Gasteiger partial charge in [-0.05, 0) is 30.3 Å². The lowest BCUT2D eigenvalue weighted by Gasteiger charge is -2.38. The van der Waals surface area contributed by atoms with E-state index in [9.17, 15) is 27.6 Å². The summed E-state index contributed by atoms with van der Waals surface area (Å²) in [6.07, 6.45) is -4.90. The maximum Gasteiger partial charge on any atom is 0.420 e. The summed E-state index contributed by atoms with van der Waals surface area (Å²) in [5.41, 5.74) is 0.460. The highest BCUT2D eigenvalue weighted by Crippen LogP contribution is 2.38. The van der Waals surface area contributed by atoms with Crippen molar-refractivity contribution in [3.05, 3.63) is 63.8 Å². The zero-order chi connectivity index (χ0) is 23.9. The molecule has 2 unspecified atom stereocenters. The molecule has 0 N–H and O–H groups in total. The van der Waals surface area contributed by atoms with E-state index in [4.69, 9.17) is 4.74 Å². The molecule has 1 saturated heterocycles. The van der Waals surface area contributed by atoms with E-state index >= 15 is 0 Å². The van der Waals surface area contributed by atoms with Crippen molar-refractivity contribution in [2.75, 3.05) is 18.0 Å². The van der Waals surface area contributed by atoms with Gasteiger partial charge in [-0.25, -0.2) is 9.37 Å². The van der Waals surface area contributed by atoms with E-state index in [2.05, 4.69) is 4.98 Å². The lowest BCUT2D eigenvalue weighted by molar-refractivity contribution is -0.139. The molecule has 0 saturated carbocycles. The molecule has 3 heterocycles. The van der Waals surface area contributed by atoms with Crippen LogP contribution < -0.4 is 15.2 Å². The van der Waals surface area contributed by atoms with Crippen molar-refractivity contribution < 1.29 is 22.3 Å². The number of rotatable bonds is 3. The summed E-state index contributed by atoms with van der Waals surface area (Å²) in [4.78, 5) is 18.8. The monoisotopic (exact) mass is 460 g/mol. The van der Waals surface area contributed by atoms with Gasteiger partial charge in [0.15, 0.2) is 0 Å². The number of fused-ring (bicyclic) bond motifs is 1. The Bertz CT molecular complexity index is 1310. The van der Waals surface area contributed by atoms with Crippen LogP contribution >= 0.6 is 0 Å². The van der Waals surface area contributed by atoms with Gasteiger partial charge in [-0.15, -0.1) is 0 Å². The van der Waals surface area contributed by atoms with Gasteiger partial charge in [-0.2, -0.15) is 18.4 Å². The molecule has 2 atom stereocenters. The average molecular weight is 460 g/mol. The predicted molar refractivity (Wildman–Crippen MR) is 114 cm³/mol. The molecule has 172 valence electrons. The van der Waals surface area contributed by atoms with Gasteiger partial charge in [0, 0.05) is 38.5 Å². The zero-order valence-electron chi connectivity index (χ0n) is 17.9. The molecule has 33 heavy (non-hydrogen) atoms. The Morgan fingerprint density at radius 3 is 2.64 bits per heavy atom. The molecule has 0 spiro atoms. The third-order valence-electron chi connectivity index (χ3n) is 5.88. The van der Waals surface area contributed by atoms with Crippen LogP contribution in [0.5, 0.6) is 5.75 Å². The topological polar surface area (TPSA) is 71.2 Å². The minimum Gasteiger partial charge on any atom is -0.489 e. The number of hydrogen-bond donors (Lipinski definition) is 0. The molecule has 3 aromatic rings. The van der Waals surface area contributed by atoms with Crippen LogP contribution in [0.4, 0.5) is 23.2 Å². The van der Waals surface area contributed by atoms with Crippen LogP contribution in [0.3, 0.4) is 0 Å². The first-order valence-electron chi connectivity index (χ1n) is 10.3. The van der Waals surface area contributed by atoms with Gasteiger partial charge in [0.2, 0.25) is 0 Å². The lowest BCUT2D eigenvalue weighted by Crippen LogP contribution is -2.45. The van der Waals surface area contributed by atoms with Crippen LogP contribution in [0.1, 0.15) is 24.6 Å². The van der Waals surface area contributed by atoms with Gasteiger partial charge < -0.3 is 14.2 Å². The van der Waals surface area contributed by atoms with Crippen molar-refractivity contribution in [2.24, 2.45) is 13.0 Å². The Hall–Kier alpha value is -3.61. The van der Waals surface area contributed by atoms with Crippen LogP contribution in [0, 0.1) is 23.1 Å². The maximum atomic E-state index is 13.4. The summed E-state index contributed by atoms with van der Waals surface area (Å²) < 4.78 is 60.5. The molecule has 1 aromatic carbocycles. The molecule has 0 bridgehead atoms. The van der Waals surface area contributed by atoms with Crippen LogP contribution in [0.25, 0.3) is 11.0 Å². The van der Waals surface area contributed by atoms with E-state index in [1.54, 1.807) is 13.1 Å². The normalized spacial score (nSPS) is 18.9. The molecule has 6 nitrogen and oxygen atoms in total. The van der Waals surface area contributed by atoms with Crippen LogP contribution in [-0.4, -0.2) is 28.7 Å². The molecule has 0 radical (unpaired) electrons. The minimum absolute atomic E-state index is 0.205. The van der Waals surface area contributed by atoms with Crippen molar-refractivity contribution in [1.82, 2.24) is 9.55 Å². The molecule has 1 aliphatic rings. The van der Waals surface area contributed by atoms with Gasteiger partial charge in [-0.1, -0.05) is 6.92 Å². The van der Waals surface area contributed by atoms with Gasteiger partial charge in [0.1, 0.15) is 40.5 Å². The maximum absolute atomic E-state index is 13.4. The number of pyridine rings is 2. The van der Waals surface area contributed by atoms with Crippen molar-refractivity contribution in [3.63, 3.8) is 0 Å². The third-order valence-corrected chi connectivity index (χ3v) is 5.88. The zero-order valence-corrected chi connectivity index (χ0v) is 17.9. The van der Waals surface area contributed by atoms with Crippen molar-refractivity contribution in [1.29, 1.82) is 5.26 Å². The highest BCUT2D eigenvalue weighted by atomic mass is 19.4. The van der Waals surface area contributed by atoms with Gasteiger partial charge in [0.05, 0.1) is 11.2 Å². The summed E-state index contributed by atoms with van der Waals surface area (Å²) >= 11 is 0. The number of piperidine rings is 1.